The van der Waals surface area contributed by atoms with Gasteiger partial charge in [-0.25, -0.2) is 0 Å². The minimum absolute atomic E-state index is 0.313. The van der Waals surface area contributed by atoms with E-state index in [9.17, 15) is 0 Å². The number of nitrogens with one attached hydrogen (secondary N) is 1. The number of hydrogen-bond acceptors (Lipinski definition) is 2. The van der Waals surface area contributed by atoms with Gasteiger partial charge in [-0.05, 0) is 44.4 Å². The van der Waals surface area contributed by atoms with Gasteiger partial charge in [-0.3, -0.25) is 0 Å². The minimum Gasteiger partial charge on any atom is -0.375 e. The first-order valence-electron chi connectivity index (χ1n) is 8.00. The topological polar surface area (TPSA) is 21.3 Å². The van der Waals surface area contributed by atoms with E-state index in [1.54, 1.807) is 0 Å². The highest BCUT2D eigenvalue weighted by molar-refractivity contribution is 5.26. The first-order valence-corrected chi connectivity index (χ1v) is 8.00. The first-order chi connectivity index (χ1) is 9.58. The number of rotatable bonds is 5. The van der Waals surface area contributed by atoms with Crippen LogP contribution in [0.1, 0.15) is 51.3 Å². The number of aryl methyl sites for hydroxylation is 1. The molecule has 1 aromatic carbocycles. The van der Waals surface area contributed by atoms with Crippen molar-refractivity contribution in [1.29, 1.82) is 0 Å². The lowest BCUT2D eigenvalue weighted by Gasteiger charge is -2.29. The zero-order valence-electron chi connectivity index (χ0n) is 13.5. The molecule has 1 aliphatic heterocycles. The maximum absolute atomic E-state index is 6.01. The van der Waals surface area contributed by atoms with E-state index in [0.717, 1.165) is 0 Å². The van der Waals surface area contributed by atoms with Crippen LogP contribution in [-0.4, -0.2) is 19.3 Å². The van der Waals surface area contributed by atoms with Crippen molar-refractivity contribution in [2.24, 2.45) is 11.8 Å². The molecule has 0 aliphatic carbocycles. The third kappa shape index (κ3) is 3.07. The molecular formula is C18H29NO. The fourth-order valence-electron chi connectivity index (χ4n) is 3.63. The molecule has 2 heteroatoms. The predicted octanol–water partition coefficient (Wildman–Crippen LogP) is 3.96. The van der Waals surface area contributed by atoms with Gasteiger partial charge in [-0.15, -0.1) is 0 Å². The molecule has 1 aromatic rings. The van der Waals surface area contributed by atoms with Gasteiger partial charge in [0.05, 0.1) is 12.2 Å². The molecule has 20 heavy (non-hydrogen) atoms. The number of hydrogen-bond donors (Lipinski definition) is 1. The van der Waals surface area contributed by atoms with Gasteiger partial charge in [0.15, 0.2) is 0 Å². The first kappa shape index (κ1) is 15.5. The molecule has 1 heterocycles. The lowest BCUT2D eigenvalue weighted by atomic mass is 9.80. The standard InChI is InChI=1S/C18H29NO/c1-6-7-15-8-10-16(11-9-15)18(19-5)17-12(2)13(3)20-14(17)4/h8-14,17-19H,6-7H2,1-5H3. The van der Waals surface area contributed by atoms with Crippen molar-refractivity contribution in [3.63, 3.8) is 0 Å². The number of ether oxygens (including phenoxy) is 1. The van der Waals surface area contributed by atoms with Crippen LogP contribution in [0.2, 0.25) is 0 Å². The molecule has 0 saturated carbocycles. The van der Waals surface area contributed by atoms with Crippen molar-refractivity contribution >= 4 is 0 Å². The van der Waals surface area contributed by atoms with Gasteiger partial charge in [-0.2, -0.15) is 0 Å². The second-order valence-corrected chi connectivity index (χ2v) is 6.24. The molecule has 5 atom stereocenters. The maximum atomic E-state index is 6.01. The second kappa shape index (κ2) is 6.73. The molecule has 2 nitrogen and oxygen atoms in total. The summed E-state index contributed by atoms with van der Waals surface area (Å²) in [6, 6.07) is 9.50. The Labute approximate surface area is 123 Å². The van der Waals surface area contributed by atoms with Crippen molar-refractivity contribution in [2.45, 2.75) is 58.8 Å². The summed E-state index contributed by atoms with van der Waals surface area (Å²) < 4.78 is 6.01. The van der Waals surface area contributed by atoms with Crippen LogP contribution in [-0.2, 0) is 11.2 Å². The fourth-order valence-corrected chi connectivity index (χ4v) is 3.63. The van der Waals surface area contributed by atoms with Crippen LogP contribution in [0.25, 0.3) is 0 Å². The van der Waals surface area contributed by atoms with E-state index in [2.05, 4.69) is 64.3 Å². The SMILES string of the molecule is CCCc1ccc(C(NC)C2C(C)OC(C)C2C)cc1. The van der Waals surface area contributed by atoms with Crippen LogP contribution in [0.15, 0.2) is 24.3 Å². The fraction of sp³-hybridized carbons (Fsp3) is 0.667. The van der Waals surface area contributed by atoms with Gasteiger partial charge in [0.25, 0.3) is 0 Å². The highest BCUT2D eigenvalue weighted by Gasteiger charge is 2.41. The van der Waals surface area contributed by atoms with E-state index in [1.807, 2.05) is 0 Å². The monoisotopic (exact) mass is 275 g/mol. The van der Waals surface area contributed by atoms with Crippen LogP contribution >= 0.6 is 0 Å². The van der Waals surface area contributed by atoms with Crippen LogP contribution in [0.5, 0.6) is 0 Å². The van der Waals surface area contributed by atoms with Crippen molar-refractivity contribution in [1.82, 2.24) is 5.32 Å². The quantitative estimate of drug-likeness (QED) is 0.878. The summed E-state index contributed by atoms with van der Waals surface area (Å²) in [6.45, 7) is 8.94. The van der Waals surface area contributed by atoms with Crippen molar-refractivity contribution < 1.29 is 4.74 Å². The van der Waals surface area contributed by atoms with Crippen molar-refractivity contribution in [3.8, 4) is 0 Å². The lowest BCUT2D eigenvalue weighted by molar-refractivity contribution is 0.0478. The third-order valence-corrected chi connectivity index (χ3v) is 4.89. The van der Waals surface area contributed by atoms with Crippen molar-refractivity contribution in [2.75, 3.05) is 7.05 Å². The largest absolute Gasteiger partial charge is 0.375 e. The van der Waals surface area contributed by atoms with Crippen LogP contribution in [0, 0.1) is 11.8 Å². The molecule has 1 N–H and O–H groups in total. The second-order valence-electron chi connectivity index (χ2n) is 6.24. The molecule has 0 spiro atoms. The molecule has 1 aliphatic rings. The van der Waals surface area contributed by atoms with Gasteiger partial charge in [0.2, 0.25) is 0 Å². The van der Waals surface area contributed by atoms with E-state index in [1.165, 1.54) is 24.0 Å². The Balaban J connectivity index is 2.19. The van der Waals surface area contributed by atoms with E-state index in [4.69, 9.17) is 4.74 Å². The van der Waals surface area contributed by atoms with Crippen molar-refractivity contribution in [3.05, 3.63) is 35.4 Å². The van der Waals surface area contributed by atoms with Crippen LogP contribution in [0.4, 0.5) is 0 Å². The molecule has 0 bridgehead atoms. The van der Waals surface area contributed by atoms with Gasteiger partial charge in [0.1, 0.15) is 0 Å². The zero-order valence-corrected chi connectivity index (χ0v) is 13.5. The summed E-state index contributed by atoms with van der Waals surface area (Å²) in [6.07, 6.45) is 3.04. The van der Waals surface area contributed by atoms with Crippen LogP contribution < -0.4 is 5.32 Å². The van der Waals surface area contributed by atoms with E-state index in [-0.39, 0.29) is 0 Å². The zero-order chi connectivity index (χ0) is 14.7. The molecule has 2 rings (SSSR count). The van der Waals surface area contributed by atoms with E-state index >= 15 is 0 Å². The highest BCUT2D eigenvalue weighted by Crippen LogP contribution is 2.40. The summed E-state index contributed by atoms with van der Waals surface area (Å²) in [7, 11) is 2.06. The average molecular weight is 275 g/mol. The average Bonchev–Trinajstić information content (AvgIpc) is 2.68. The lowest BCUT2D eigenvalue weighted by Crippen LogP contribution is -2.33. The predicted molar refractivity (Wildman–Crippen MR) is 84.9 cm³/mol. The minimum atomic E-state index is 0.313. The Morgan fingerprint density at radius 2 is 1.75 bits per heavy atom. The van der Waals surface area contributed by atoms with Gasteiger partial charge < -0.3 is 10.1 Å². The molecule has 5 unspecified atom stereocenters. The Morgan fingerprint density at radius 1 is 1.10 bits per heavy atom. The van der Waals surface area contributed by atoms with E-state index in [0.29, 0.717) is 30.1 Å². The molecular weight excluding hydrogens is 246 g/mol. The summed E-state index contributed by atoms with van der Waals surface area (Å²) in [5, 5.41) is 3.51. The normalized spacial score (nSPS) is 31.4. The molecule has 0 radical (unpaired) electrons. The van der Waals surface area contributed by atoms with Gasteiger partial charge in [-0.1, -0.05) is 44.5 Å². The Morgan fingerprint density at radius 3 is 2.20 bits per heavy atom. The third-order valence-electron chi connectivity index (χ3n) is 4.89. The molecule has 1 saturated heterocycles. The molecule has 112 valence electrons. The maximum Gasteiger partial charge on any atom is 0.0600 e. The summed E-state index contributed by atoms with van der Waals surface area (Å²) in [4.78, 5) is 0. The molecule has 1 fully saturated rings. The number of benzene rings is 1. The Hall–Kier alpha value is -0.860. The van der Waals surface area contributed by atoms with E-state index < -0.39 is 0 Å². The van der Waals surface area contributed by atoms with Gasteiger partial charge in [0, 0.05) is 12.0 Å². The summed E-state index contributed by atoms with van der Waals surface area (Å²) in [5.74, 6) is 1.12. The smallest absolute Gasteiger partial charge is 0.0600 e. The van der Waals surface area contributed by atoms with Gasteiger partial charge >= 0.3 is 0 Å². The highest BCUT2D eigenvalue weighted by atomic mass is 16.5. The summed E-state index contributed by atoms with van der Waals surface area (Å²) >= 11 is 0. The molecule has 0 aromatic heterocycles. The Kier molecular flexibility index (Phi) is 5.22. The molecule has 0 amide bonds. The van der Waals surface area contributed by atoms with Crippen LogP contribution in [0.3, 0.4) is 0 Å². The Bertz CT molecular complexity index is 414. The summed E-state index contributed by atoms with van der Waals surface area (Å²) in [5.41, 5.74) is 2.82.